The number of alkyl halides is 5. The molecule has 4 rings (SSSR count). The molecule has 0 atom stereocenters. The fraction of sp³-hybridized carbons (Fsp3) is 0.429. The van der Waals surface area contributed by atoms with E-state index in [1.807, 2.05) is 0 Å². The summed E-state index contributed by atoms with van der Waals surface area (Å²) >= 11 is 7.20. The van der Waals surface area contributed by atoms with Crippen molar-refractivity contribution in [2.75, 3.05) is 6.54 Å². The number of amides is 1. The molecule has 1 amide bonds. The summed E-state index contributed by atoms with van der Waals surface area (Å²) in [5.74, 6) is -4.33. The molecule has 3 aromatic heterocycles. The molecule has 0 spiro atoms. The first-order valence-corrected chi connectivity index (χ1v) is 11.5. The minimum absolute atomic E-state index is 0.0189. The summed E-state index contributed by atoms with van der Waals surface area (Å²) in [7, 11) is 1.09. The van der Waals surface area contributed by atoms with Crippen LogP contribution in [-0.2, 0) is 19.1 Å². The lowest BCUT2D eigenvalue weighted by molar-refractivity contribution is -0.141. The van der Waals surface area contributed by atoms with Crippen LogP contribution in [0.2, 0.25) is 4.34 Å². The Kier molecular flexibility index (Phi) is 5.96. The van der Waals surface area contributed by atoms with E-state index in [1.54, 1.807) is 6.92 Å². The van der Waals surface area contributed by atoms with E-state index in [2.05, 4.69) is 16.3 Å². The number of hydrogen-bond acceptors (Lipinski definition) is 6. The van der Waals surface area contributed by atoms with Crippen LogP contribution in [0.5, 0.6) is 0 Å². The van der Waals surface area contributed by atoms with Gasteiger partial charge in [0.15, 0.2) is 5.76 Å². The zero-order chi connectivity index (χ0) is 25.9. The van der Waals surface area contributed by atoms with Crippen molar-refractivity contribution in [3.63, 3.8) is 0 Å². The van der Waals surface area contributed by atoms with Gasteiger partial charge in [-0.2, -0.15) is 32.3 Å². The van der Waals surface area contributed by atoms with Crippen molar-refractivity contribution in [1.29, 1.82) is 5.26 Å². The molecule has 0 saturated heterocycles. The van der Waals surface area contributed by atoms with E-state index in [1.165, 1.54) is 11.0 Å². The van der Waals surface area contributed by atoms with E-state index < -0.39 is 40.5 Å². The number of nitrogens with zero attached hydrogens (tertiary/aromatic N) is 5. The molecule has 1 fully saturated rings. The molecular formula is C21H17ClF5N5O2S. The number of carbonyl (C=O) groups is 1. The van der Waals surface area contributed by atoms with Crippen molar-refractivity contribution in [2.24, 2.45) is 7.05 Å². The minimum atomic E-state index is -5.13. The molecule has 3 aromatic rings. The summed E-state index contributed by atoms with van der Waals surface area (Å²) in [6.45, 7) is 2.34. The average Bonchev–Trinajstić information content (AvgIpc) is 3.08. The lowest BCUT2D eigenvalue weighted by Crippen LogP contribution is -2.41. The lowest BCUT2D eigenvalue weighted by Gasteiger charge is -2.25. The van der Waals surface area contributed by atoms with Gasteiger partial charge in [0.05, 0.1) is 16.5 Å². The Bertz CT molecular complexity index is 1340. The molecule has 0 aromatic carbocycles. The van der Waals surface area contributed by atoms with Crippen LogP contribution in [0.3, 0.4) is 0 Å². The van der Waals surface area contributed by atoms with Crippen LogP contribution < -0.4 is 0 Å². The summed E-state index contributed by atoms with van der Waals surface area (Å²) in [6, 6.07) is 4.68. The number of aromatic nitrogens is 3. The number of carbonyl (C=O) groups excluding carboxylic acids is 1. The molecule has 7 nitrogen and oxygen atoms in total. The van der Waals surface area contributed by atoms with Gasteiger partial charge in [0, 0.05) is 26.6 Å². The number of thiophene rings is 1. The van der Waals surface area contributed by atoms with Gasteiger partial charge in [0.2, 0.25) is 0 Å². The second-order valence-electron chi connectivity index (χ2n) is 8.15. The van der Waals surface area contributed by atoms with E-state index in [0.29, 0.717) is 24.4 Å². The van der Waals surface area contributed by atoms with Gasteiger partial charge in [-0.05, 0) is 25.8 Å². The molecule has 186 valence electrons. The summed E-state index contributed by atoms with van der Waals surface area (Å²) in [5, 5.41) is 16.5. The Labute approximate surface area is 204 Å². The van der Waals surface area contributed by atoms with Crippen molar-refractivity contribution >= 4 is 28.8 Å². The Hall–Kier alpha value is -2.98. The highest BCUT2D eigenvalue weighted by Crippen LogP contribution is 2.46. The van der Waals surface area contributed by atoms with Crippen LogP contribution in [-0.4, -0.2) is 37.8 Å². The molecule has 0 bridgehead atoms. The van der Waals surface area contributed by atoms with Crippen LogP contribution in [0.25, 0.3) is 22.0 Å². The Morgan fingerprint density at radius 3 is 2.51 bits per heavy atom. The van der Waals surface area contributed by atoms with Gasteiger partial charge in [-0.15, -0.1) is 11.3 Å². The number of rotatable bonds is 6. The first kappa shape index (κ1) is 25.1. The molecule has 0 N–H and O–H groups in total. The van der Waals surface area contributed by atoms with E-state index >= 15 is 0 Å². The van der Waals surface area contributed by atoms with Crippen molar-refractivity contribution in [3.05, 3.63) is 33.3 Å². The van der Waals surface area contributed by atoms with Gasteiger partial charge in [-0.25, -0.2) is 0 Å². The van der Waals surface area contributed by atoms with Gasteiger partial charge < -0.3 is 9.42 Å². The fourth-order valence-corrected chi connectivity index (χ4v) is 5.09. The predicted octanol–water partition coefficient (Wildman–Crippen LogP) is 6.11. The topological polar surface area (TPSA) is 87.9 Å². The van der Waals surface area contributed by atoms with Gasteiger partial charge >= 0.3 is 6.18 Å². The molecule has 14 heteroatoms. The van der Waals surface area contributed by atoms with E-state index in [9.17, 15) is 32.0 Å². The number of halogens is 6. The smallest absolute Gasteiger partial charge is 0.355 e. The third kappa shape index (κ3) is 4.29. The zero-order valence-electron chi connectivity index (χ0n) is 18.5. The zero-order valence-corrected chi connectivity index (χ0v) is 20.1. The van der Waals surface area contributed by atoms with Crippen molar-refractivity contribution < 1.29 is 31.3 Å². The van der Waals surface area contributed by atoms with Crippen LogP contribution in [0.15, 0.2) is 16.7 Å². The average molecular weight is 534 g/mol. The predicted molar refractivity (Wildman–Crippen MR) is 116 cm³/mol. The highest BCUT2D eigenvalue weighted by atomic mass is 35.5. The van der Waals surface area contributed by atoms with E-state index in [0.717, 1.165) is 24.5 Å². The maximum Gasteiger partial charge on any atom is 0.420 e. The summed E-state index contributed by atoms with van der Waals surface area (Å²) in [4.78, 5) is 14.8. The first-order chi connectivity index (χ1) is 16.2. The molecule has 0 unspecified atom stereocenters. The SMILES string of the molecule is CCN(C(=O)c1cc(-c2cc(-c3c(C(F)(F)F)c(C(C)(F)F)nn3C)no2)sc1Cl)C1(C#N)CC1. The third-order valence-electron chi connectivity index (χ3n) is 5.67. The Morgan fingerprint density at radius 2 is 2.00 bits per heavy atom. The molecule has 3 heterocycles. The van der Waals surface area contributed by atoms with Gasteiger partial charge in [-0.3, -0.25) is 9.48 Å². The van der Waals surface area contributed by atoms with Gasteiger partial charge in [-0.1, -0.05) is 16.8 Å². The number of nitriles is 1. The third-order valence-corrected chi connectivity index (χ3v) is 7.04. The summed E-state index contributed by atoms with van der Waals surface area (Å²) in [6.07, 6.45) is -4.03. The second-order valence-corrected chi connectivity index (χ2v) is 9.80. The molecule has 1 saturated carbocycles. The number of aryl methyl sites for hydroxylation is 1. The maximum atomic E-state index is 13.9. The molecule has 1 aliphatic rings. The van der Waals surface area contributed by atoms with Crippen LogP contribution >= 0.6 is 22.9 Å². The quantitative estimate of drug-likeness (QED) is 0.357. The minimum Gasteiger partial charge on any atom is -0.355 e. The van der Waals surface area contributed by atoms with Crippen molar-refractivity contribution in [2.45, 2.75) is 44.3 Å². The van der Waals surface area contributed by atoms with Crippen molar-refractivity contribution in [1.82, 2.24) is 19.8 Å². The number of hydrogen-bond donors (Lipinski definition) is 0. The van der Waals surface area contributed by atoms with Gasteiger partial charge in [0.25, 0.3) is 11.8 Å². The standard InChI is InChI=1S/C21H17ClF5N5O2S/c1-4-32(20(9-28)5-6-20)18(33)10-7-13(35-17(10)22)12-8-11(30-34-12)15-14(21(25,26)27)16(19(2,23)24)29-31(15)3/h7-8H,4-6H2,1-3H3. The molecule has 1 aliphatic carbocycles. The van der Waals surface area contributed by atoms with Gasteiger partial charge in [0.1, 0.15) is 32.5 Å². The molecule has 0 aliphatic heterocycles. The Balaban J connectivity index is 1.73. The maximum absolute atomic E-state index is 13.9. The lowest BCUT2D eigenvalue weighted by atomic mass is 10.1. The summed E-state index contributed by atoms with van der Waals surface area (Å²) < 4.78 is 74.9. The largest absolute Gasteiger partial charge is 0.420 e. The van der Waals surface area contributed by atoms with Crippen molar-refractivity contribution in [3.8, 4) is 28.1 Å². The second kappa shape index (κ2) is 8.30. The Morgan fingerprint density at radius 1 is 1.34 bits per heavy atom. The van der Waals surface area contributed by atoms with E-state index in [-0.39, 0.29) is 32.8 Å². The van der Waals surface area contributed by atoms with E-state index in [4.69, 9.17) is 16.1 Å². The fourth-order valence-electron chi connectivity index (χ4n) is 3.88. The molecule has 0 radical (unpaired) electrons. The normalized spacial score (nSPS) is 15.2. The first-order valence-electron chi connectivity index (χ1n) is 10.3. The highest BCUT2D eigenvalue weighted by molar-refractivity contribution is 7.19. The monoisotopic (exact) mass is 533 g/mol. The van der Waals surface area contributed by atoms with Crippen LogP contribution in [0.4, 0.5) is 22.0 Å². The van der Waals surface area contributed by atoms with Crippen LogP contribution in [0.1, 0.15) is 48.3 Å². The highest BCUT2D eigenvalue weighted by Gasteiger charge is 2.51. The van der Waals surface area contributed by atoms with Crippen LogP contribution in [0, 0.1) is 11.3 Å². The molecular weight excluding hydrogens is 517 g/mol. The molecule has 35 heavy (non-hydrogen) atoms. The summed E-state index contributed by atoms with van der Waals surface area (Å²) in [5.41, 5.74) is -4.86.